The predicted octanol–water partition coefficient (Wildman–Crippen LogP) is 0.570. The number of anilines is 1. The Morgan fingerprint density at radius 1 is 1.47 bits per heavy atom. The monoisotopic (exact) mass is 238 g/mol. The molecule has 4 N–H and O–H groups in total. The van der Waals surface area contributed by atoms with E-state index in [1.165, 1.54) is 0 Å². The first-order valence-corrected chi connectivity index (χ1v) is 5.32. The lowest BCUT2D eigenvalue weighted by molar-refractivity contribution is -0.118. The fourth-order valence-corrected chi connectivity index (χ4v) is 1.46. The number of carbonyl (C=O) groups excluding carboxylic acids is 1. The summed E-state index contributed by atoms with van der Waals surface area (Å²) in [6.45, 7) is 3.42. The minimum atomic E-state index is -0.906. The van der Waals surface area contributed by atoms with Gasteiger partial charge >= 0.3 is 0 Å². The zero-order valence-corrected chi connectivity index (χ0v) is 10.3. The Hall–Kier alpha value is -1.59. The van der Waals surface area contributed by atoms with Gasteiger partial charge in [-0.05, 0) is 37.1 Å². The van der Waals surface area contributed by atoms with Gasteiger partial charge in [0.05, 0.1) is 13.7 Å². The molecule has 5 heteroatoms. The molecule has 0 spiro atoms. The summed E-state index contributed by atoms with van der Waals surface area (Å²) in [6, 6.07) is 2.63. The Bertz CT molecular complexity index is 418. The Morgan fingerprint density at radius 3 is 2.65 bits per heavy atom. The summed E-state index contributed by atoms with van der Waals surface area (Å²) < 4.78 is 5.18. The summed E-state index contributed by atoms with van der Waals surface area (Å²) in [7, 11) is 1.60. The van der Waals surface area contributed by atoms with Crippen LogP contribution in [-0.4, -0.2) is 30.8 Å². The number of hydrogen-bond donors (Lipinski definition) is 3. The van der Waals surface area contributed by atoms with Crippen LogP contribution in [0, 0.1) is 13.8 Å². The van der Waals surface area contributed by atoms with E-state index >= 15 is 0 Å². The minimum absolute atomic E-state index is 0.375. The first kappa shape index (κ1) is 13.5. The molecule has 1 amide bonds. The molecule has 94 valence electrons. The zero-order chi connectivity index (χ0) is 13.0. The van der Waals surface area contributed by atoms with E-state index in [0.29, 0.717) is 5.69 Å². The summed E-state index contributed by atoms with van der Waals surface area (Å²) in [6.07, 6.45) is 0. The van der Waals surface area contributed by atoms with E-state index in [-0.39, 0.29) is 6.61 Å². The quantitative estimate of drug-likeness (QED) is 0.716. The molecule has 0 heterocycles. The van der Waals surface area contributed by atoms with E-state index in [2.05, 4.69) is 5.32 Å². The van der Waals surface area contributed by atoms with Gasteiger partial charge in [0.25, 0.3) is 0 Å². The first-order valence-electron chi connectivity index (χ1n) is 5.32. The Balaban J connectivity index is 2.93. The number of benzene rings is 1. The molecule has 1 unspecified atom stereocenters. The number of aliphatic hydroxyl groups is 1. The molecule has 1 atom stereocenters. The average Bonchev–Trinajstić information content (AvgIpc) is 2.34. The normalized spacial score (nSPS) is 12.1. The molecule has 1 rings (SSSR count). The van der Waals surface area contributed by atoms with Crippen molar-refractivity contribution in [1.82, 2.24) is 0 Å². The van der Waals surface area contributed by atoms with Crippen LogP contribution >= 0.6 is 0 Å². The molecule has 0 aliphatic carbocycles. The standard InChI is InChI=1S/C12H18N2O3/c1-7-8(2)11(17-3)5-4-10(7)14-12(16)9(13)6-15/h4-5,9,15H,6,13H2,1-3H3,(H,14,16). The van der Waals surface area contributed by atoms with Gasteiger partial charge in [-0.3, -0.25) is 4.79 Å². The Labute approximate surface area is 101 Å². The lowest BCUT2D eigenvalue weighted by Gasteiger charge is -2.15. The second kappa shape index (κ2) is 5.65. The maximum Gasteiger partial charge on any atom is 0.243 e. The molecule has 0 bridgehead atoms. The van der Waals surface area contributed by atoms with Crippen LogP contribution in [0.15, 0.2) is 12.1 Å². The smallest absolute Gasteiger partial charge is 0.243 e. The number of aliphatic hydroxyl groups excluding tert-OH is 1. The van der Waals surface area contributed by atoms with Crippen molar-refractivity contribution in [2.75, 3.05) is 19.0 Å². The number of rotatable bonds is 4. The highest BCUT2D eigenvalue weighted by Gasteiger charge is 2.14. The highest BCUT2D eigenvalue weighted by molar-refractivity contribution is 5.95. The largest absolute Gasteiger partial charge is 0.496 e. The van der Waals surface area contributed by atoms with Crippen LogP contribution in [0.2, 0.25) is 0 Å². The van der Waals surface area contributed by atoms with Crippen molar-refractivity contribution in [3.05, 3.63) is 23.3 Å². The van der Waals surface area contributed by atoms with E-state index in [1.54, 1.807) is 19.2 Å². The Morgan fingerprint density at radius 2 is 2.12 bits per heavy atom. The molecule has 0 saturated heterocycles. The maximum atomic E-state index is 11.5. The summed E-state index contributed by atoms with van der Waals surface area (Å²) in [4.78, 5) is 11.5. The number of nitrogens with two attached hydrogens (primary N) is 1. The number of nitrogens with one attached hydrogen (secondary N) is 1. The molecule has 0 radical (unpaired) electrons. The number of ether oxygens (including phenoxy) is 1. The van der Waals surface area contributed by atoms with Crippen LogP contribution in [0.3, 0.4) is 0 Å². The van der Waals surface area contributed by atoms with Crippen molar-refractivity contribution < 1.29 is 14.6 Å². The number of amides is 1. The van der Waals surface area contributed by atoms with Crippen LogP contribution in [0.1, 0.15) is 11.1 Å². The SMILES string of the molecule is COc1ccc(NC(=O)C(N)CO)c(C)c1C. The molecule has 0 fully saturated rings. The molecule has 0 aliphatic heterocycles. The second-order valence-electron chi connectivity index (χ2n) is 3.84. The predicted molar refractivity (Wildman–Crippen MR) is 66.2 cm³/mol. The van der Waals surface area contributed by atoms with Gasteiger partial charge in [-0.2, -0.15) is 0 Å². The van der Waals surface area contributed by atoms with E-state index in [9.17, 15) is 4.79 Å². The Kier molecular flexibility index (Phi) is 4.48. The molecular formula is C12H18N2O3. The van der Waals surface area contributed by atoms with Gasteiger partial charge < -0.3 is 20.9 Å². The summed E-state index contributed by atoms with van der Waals surface area (Å²) in [5, 5.41) is 11.5. The molecule has 0 aliphatic rings. The van der Waals surface area contributed by atoms with Crippen LogP contribution in [0.5, 0.6) is 5.75 Å². The summed E-state index contributed by atoms with van der Waals surface area (Å²) >= 11 is 0. The van der Waals surface area contributed by atoms with Crippen molar-refractivity contribution >= 4 is 11.6 Å². The van der Waals surface area contributed by atoms with Gasteiger partial charge in [0.2, 0.25) is 5.91 Å². The fourth-order valence-electron chi connectivity index (χ4n) is 1.46. The van der Waals surface area contributed by atoms with Crippen molar-refractivity contribution in [3.8, 4) is 5.75 Å². The number of methoxy groups -OCH3 is 1. The van der Waals surface area contributed by atoms with E-state index in [4.69, 9.17) is 15.6 Å². The third kappa shape index (κ3) is 2.95. The molecular weight excluding hydrogens is 220 g/mol. The minimum Gasteiger partial charge on any atom is -0.496 e. The lowest BCUT2D eigenvalue weighted by Crippen LogP contribution is -2.38. The van der Waals surface area contributed by atoms with Crippen LogP contribution in [-0.2, 0) is 4.79 Å². The van der Waals surface area contributed by atoms with Crippen LogP contribution in [0.4, 0.5) is 5.69 Å². The summed E-state index contributed by atoms with van der Waals surface area (Å²) in [5.41, 5.74) is 7.98. The second-order valence-corrected chi connectivity index (χ2v) is 3.84. The average molecular weight is 238 g/mol. The van der Waals surface area contributed by atoms with Gasteiger partial charge in [-0.25, -0.2) is 0 Å². The van der Waals surface area contributed by atoms with E-state index in [1.807, 2.05) is 13.8 Å². The molecule has 1 aromatic rings. The van der Waals surface area contributed by atoms with Crippen LogP contribution in [0.25, 0.3) is 0 Å². The van der Waals surface area contributed by atoms with Crippen molar-refractivity contribution in [2.24, 2.45) is 5.73 Å². The third-order valence-corrected chi connectivity index (χ3v) is 2.75. The molecule has 1 aromatic carbocycles. The van der Waals surface area contributed by atoms with Gasteiger partial charge in [-0.1, -0.05) is 0 Å². The van der Waals surface area contributed by atoms with E-state index in [0.717, 1.165) is 16.9 Å². The van der Waals surface area contributed by atoms with E-state index < -0.39 is 11.9 Å². The molecule has 0 saturated carbocycles. The van der Waals surface area contributed by atoms with Crippen molar-refractivity contribution in [2.45, 2.75) is 19.9 Å². The van der Waals surface area contributed by atoms with Gasteiger partial charge in [-0.15, -0.1) is 0 Å². The zero-order valence-electron chi connectivity index (χ0n) is 10.3. The van der Waals surface area contributed by atoms with Gasteiger partial charge in [0.1, 0.15) is 11.8 Å². The number of hydrogen-bond acceptors (Lipinski definition) is 4. The van der Waals surface area contributed by atoms with Gasteiger partial charge in [0.15, 0.2) is 0 Å². The van der Waals surface area contributed by atoms with Crippen molar-refractivity contribution in [1.29, 1.82) is 0 Å². The number of carbonyl (C=O) groups is 1. The first-order chi connectivity index (χ1) is 8.01. The lowest BCUT2D eigenvalue weighted by atomic mass is 10.1. The summed E-state index contributed by atoms with van der Waals surface area (Å²) in [5.74, 6) is 0.368. The fraction of sp³-hybridized carbons (Fsp3) is 0.417. The third-order valence-electron chi connectivity index (χ3n) is 2.75. The maximum absolute atomic E-state index is 11.5. The molecule has 0 aromatic heterocycles. The highest BCUT2D eigenvalue weighted by atomic mass is 16.5. The van der Waals surface area contributed by atoms with Crippen molar-refractivity contribution in [3.63, 3.8) is 0 Å². The molecule has 5 nitrogen and oxygen atoms in total. The topological polar surface area (TPSA) is 84.6 Å². The highest BCUT2D eigenvalue weighted by Crippen LogP contribution is 2.27. The van der Waals surface area contributed by atoms with Crippen LogP contribution < -0.4 is 15.8 Å². The van der Waals surface area contributed by atoms with Gasteiger partial charge in [0, 0.05) is 5.69 Å². The molecule has 17 heavy (non-hydrogen) atoms.